The normalized spacial score (nSPS) is 23.5. The van der Waals surface area contributed by atoms with Crippen LogP contribution in [0.4, 0.5) is 0 Å². The van der Waals surface area contributed by atoms with Crippen LogP contribution in [0, 0.1) is 0 Å². The summed E-state index contributed by atoms with van der Waals surface area (Å²) in [6.45, 7) is 7.20. The van der Waals surface area contributed by atoms with Crippen LogP contribution in [0.5, 0.6) is 0 Å². The van der Waals surface area contributed by atoms with E-state index in [1.807, 2.05) is 4.90 Å². The molecule has 1 spiro atoms. The zero-order valence-electron chi connectivity index (χ0n) is 16.2. The second-order valence-corrected chi connectivity index (χ2v) is 9.19. The molecule has 0 unspecified atom stereocenters. The third kappa shape index (κ3) is 5.91. The van der Waals surface area contributed by atoms with Crippen molar-refractivity contribution in [3.8, 4) is 0 Å². The highest BCUT2D eigenvalue weighted by Gasteiger charge is 2.38. The lowest BCUT2D eigenvalue weighted by molar-refractivity contribution is -0.130. The summed E-state index contributed by atoms with van der Waals surface area (Å²) in [5, 5.41) is 3.43. The van der Waals surface area contributed by atoms with Crippen LogP contribution in [0.25, 0.3) is 0 Å². The number of thioether (sulfide) groups is 1. The van der Waals surface area contributed by atoms with Crippen molar-refractivity contribution in [3.63, 3.8) is 0 Å². The Balaban J connectivity index is 0.00000243. The summed E-state index contributed by atoms with van der Waals surface area (Å²) in [6, 6.07) is 0. The minimum Gasteiger partial charge on any atom is -0.357 e. The van der Waals surface area contributed by atoms with Gasteiger partial charge in [0.2, 0.25) is 5.91 Å². The van der Waals surface area contributed by atoms with Gasteiger partial charge in [-0.3, -0.25) is 4.79 Å². The zero-order chi connectivity index (χ0) is 17.5. The first-order valence-corrected chi connectivity index (χ1v) is 11.2. The Morgan fingerprint density at radius 1 is 1.04 bits per heavy atom. The number of piperidine rings is 1. The number of hydrogen-bond acceptors (Lipinski definition) is 3. The van der Waals surface area contributed by atoms with Gasteiger partial charge >= 0.3 is 0 Å². The number of amides is 1. The Morgan fingerprint density at radius 2 is 1.73 bits per heavy atom. The molecule has 3 rings (SSSR count). The van der Waals surface area contributed by atoms with E-state index in [1.54, 1.807) is 0 Å². The molecule has 1 aliphatic carbocycles. The van der Waals surface area contributed by atoms with Crippen LogP contribution in [-0.2, 0) is 4.79 Å². The van der Waals surface area contributed by atoms with E-state index in [0.29, 0.717) is 11.3 Å². The van der Waals surface area contributed by atoms with Crippen LogP contribution in [0.15, 0.2) is 4.99 Å². The van der Waals surface area contributed by atoms with Gasteiger partial charge in [0.1, 0.15) is 6.54 Å². The fourth-order valence-corrected chi connectivity index (χ4v) is 5.91. The molecule has 2 aliphatic heterocycles. The quantitative estimate of drug-likeness (QED) is 0.372. The minimum absolute atomic E-state index is 0. The number of aliphatic imine (C=N–C) groups is 1. The number of nitrogens with zero attached hydrogens (tertiary/aromatic N) is 3. The third-order valence-electron chi connectivity index (χ3n) is 5.72. The van der Waals surface area contributed by atoms with E-state index in [2.05, 4.69) is 28.9 Å². The van der Waals surface area contributed by atoms with Crippen LogP contribution in [0.3, 0.4) is 0 Å². The second-order valence-electron chi connectivity index (χ2n) is 7.63. The predicted molar refractivity (Wildman–Crippen MR) is 122 cm³/mol. The molecule has 1 N–H and O–H groups in total. The minimum atomic E-state index is 0. The largest absolute Gasteiger partial charge is 0.357 e. The highest BCUT2D eigenvalue weighted by atomic mass is 127. The molecule has 0 aromatic rings. The van der Waals surface area contributed by atoms with Gasteiger partial charge in [0.15, 0.2) is 5.96 Å². The van der Waals surface area contributed by atoms with Crippen molar-refractivity contribution < 1.29 is 4.79 Å². The number of carbonyl (C=O) groups excluding carboxylic acids is 1. The van der Waals surface area contributed by atoms with Gasteiger partial charge < -0.3 is 15.1 Å². The summed E-state index contributed by atoms with van der Waals surface area (Å²) in [5.74, 6) is 2.30. The van der Waals surface area contributed by atoms with E-state index in [1.165, 1.54) is 44.3 Å². The maximum absolute atomic E-state index is 12.5. The zero-order valence-corrected chi connectivity index (χ0v) is 19.3. The van der Waals surface area contributed by atoms with Crippen molar-refractivity contribution in [2.75, 3.05) is 45.0 Å². The van der Waals surface area contributed by atoms with E-state index in [0.717, 1.165) is 51.5 Å². The van der Waals surface area contributed by atoms with Gasteiger partial charge in [-0.15, -0.1) is 24.0 Å². The summed E-state index contributed by atoms with van der Waals surface area (Å²) in [5.41, 5.74) is 0. The van der Waals surface area contributed by atoms with Gasteiger partial charge in [-0.05, 0) is 39.0 Å². The maximum atomic E-state index is 12.5. The molecule has 3 fully saturated rings. The predicted octanol–water partition coefficient (Wildman–Crippen LogP) is 3.33. The van der Waals surface area contributed by atoms with Crippen molar-refractivity contribution in [1.82, 2.24) is 15.1 Å². The molecule has 0 radical (unpaired) electrons. The van der Waals surface area contributed by atoms with Crippen LogP contribution >= 0.6 is 35.7 Å². The van der Waals surface area contributed by atoms with Crippen molar-refractivity contribution in [2.45, 2.75) is 63.0 Å². The number of carbonyl (C=O) groups is 1. The number of likely N-dealkylation sites (tertiary alicyclic amines) is 1. The monoisotopic (exact) mass is 494 g/mol. The van der Waals surface area contributed by atoms with Crippen molar-refractivity contribution in [2.24, 2.45) is 4.99 Å². The Kier molecular flexibility index (Phi) is 9.33. The molecule has 150 valence electrons. The van der Waals surface area contributed by atoms with Crippen LogP contribution in [0.1, 0.15) is 58.3 Å². The van der Waals surface area contributed by atoms with Gasteiger partial charge in [-0.25, -0.2) is 4.99 Å². The number of nitrogens with one attached hydrogen (secondary N) is 1. The molecule has 3 aliphatic rings. The number of halogens is 1. The molecular weight excluding hydrogens is 459 g/mol. The summed E-state index contributed by atoms with van der Waals surface area (Å²) >= 11 is 2.17. The van der Waals surface area contributed by atoms with Gasteiger partial charge in [0.25, 0.3) is 0 Å². The van der Waals surface area contributed by atoms with Gasteiger partial charge in [-0.2, -0.15) is 11.8 Å². The van der Waals surface area contributed by atoms with E-state index in [-0.39, 0.29) is 29.9 Å². The lowest BCUT2D eigenvalue weighted by atomic mass is 9.87. The second kappa shape index (κ2) is 11.0. The Morgan fingerprint density at radius 3 is 2.42 bits per heavy atom. The maximum Gasteiger partial charge on any atom is 0.244 e. The Bertz CT molecular complexity index is 471. The number of hydrogen-bond donors (Lipinski definition) is 1. The molecule has 0 aromatic carbocycles. The van der Waals surface area contributed by atoms with Crippen molar-refractivity contribution in [1.29, 1.82) is 0 Å². The molecule has 0 atom stereocenters. The van der Waals surface area contributed by atoms with Crippen LogP contribution in [-0.4, -0.2) is 71.4 Å². The molecule has 1 saturated carbocycles. The van der Waals surface area contributed by atoms with Crippen LogP contribution in [0.2, 0.25) is 0 Å². The van der Waals surface area contributed by atoms with E-state index < -0.39 is 0 Å². The van der Waals surface area contributed by atoms with Crippen LogP contribution < -0.4 is 5.32 Å². The highest BCUT2D eigenvalue weighted by molar-refractivity contribution is 14.0. The number of rotatable bonds is 3. The summed E-state index contributed by atoms with van der Waals surface area (Å²) < 4.78 is 0.420. The highest BCUT2D eigenvalue weighted by Crippen LogP contribution is 2.42. The van der Waals surface area contributed by atoms with E-state index in [9.17, 15) is 4.79 Å². The lowest BCUT2D eigenvalue weighted by Gasteiger charge is -2.45. The third-order valence-corrected chi connectivity index (χ3v) is 7.26. The van der Waals surface area contributed by atoms with E-state index in [4.69, 9.17) is 4.99 Å². The summed E-state index contributed by atoms with van der Waals surface area (Å²) in [7, 11) is 0. The average molecular weight is 494 g/mol. The molecule has 26 heavy (non-hydrogen) atoms. The van der Waals surface area contributed by atoms with Crippen molar-refractivity contribution >= 4 is 47.6 Å². The standard InChI is InChI=1S/C19H34N4OS.HI/c1-2-20-18(21-15-17(24)22-11-7-4-8-12-22)23-13-14-25-19(16-23)9-5-3-6-10-19;/h2-16H2,1H3,(H,20,21);1H. The van der Waals surface area contributed by atoms with Gasteiger partial charge in [-0.1, -0.05) is 19.3 Å². The Labute approximate surface area is 180 Å². The topological polar surface area (TPSA) is 47.9 Å². The molecule has 5 nitrogen and oxygen atoms in total. The first-order valence-electron chi connectivity index (χ1n) is 10.2. The summed E-state index contributed by atoms with van der Waals surface area (Å²) in [4.78, 5) is 21.6. The van der Waals surface area contributed by atoms with Gasteiger partial charge in [0.05, 0.1) is 0 Å². The van der Waals surface area contributed by atoms with E-state index >= 15 is 0 Å². The van der Waals surface area contributed by atoms with Crippen molar-refractivity contribution in [3.05, 3.63) is 0 Å². The first-order chi connectivity index (χ1) is 12.2. The van der Waals surface area contributed by atoms with Gasteiger partial charge in [0, 0.05) is 43.2 Å². The molecule has 2 saturated heterocycles. The fourth-order valence-electron chi connectivity index (χ4n) is 4.34. The molecular formula is C19H35IN4OS. The number of guanidine groups is 1. The fraction of sp³-hybridized carbons (Fsp3) is 0.895. The average Bonchev–Trinajstić information content (AvgIpc) is 2.66. The molecule has 7 heteroatoms. The summed E-state index contributed by atoms with van der Waals surface area (Å²) in [6.07, 6.45) is 10.3. The first kappa shape index (κ1) is 22.1. The molecule has 1 amide bonds. The molecule has 0 aromatic heterocycles. The Hall–Kier alpha value is -0.180. The lowest BCUT2D eigenvalue weighted by Crippen LogP contribution is -2.53. The molecule has 2 heterocycles. The smallest absolute Gasteiger partial charge is 0.244 e. The molecule has 0 bridgehead atoms. The SMILES string of the molecule is CCNC(=NCC(=O)N1CCCCC1)N1CCSC2(CCCCC2)C1.I.